The highest BCUT2D eigenvalue weighted by Gasteiger charge is 2.11. The number of carbonyl (C=O) groups excluding carboxylic acids is 1. The van der Waals surface area contributed by atoms with Gasteiger partial charge in [-0.05, 0) is 36.8 Å². The number of aliphatic hydroxyl groups excluding tert-OH is 1. The number of carbonyl (C=O) groups is 1. The van der Waals surface area contributed by atoms with Crippen LogP contribution >= 0.6 is 0 Å². The smallest absolute Gasteiger partial charge is 0.256 e. The first-order valence-corrected chi connectivity index (χ1v) is 6.63. The van der Waals surface area contributed by atoms with Crippen LogP contribution in [0, 0.1) is 18.8 Å². The number of aliphatic hydroxyl groups is 1. The van der Waals surface area contributed by atoms with Gasteiger partial charge in [0.05, 0.1) is 18.5 Å². The zero-order chi connectivity index (χ0) is 15.1. The summed E-state index contributed by atoms with van der Waals surface area (Å²) < 4.78 is 0. The van der Waals surface area contributed by atoms with Crippen molar-refractivity contribution in [1.29, 1.82) is 0 Å². The van der Waals surface area contributed by atoms with Gasteiger partial charge in [0.25, 0.3) is 5.91 Å². The Morgan fingerprint density at radius 3 is 2.90 bits per heavy atom. The molecule has 4 heteroatoms. The molecule has 0 radical (unpaired) electrons. The molecule has 1 aromatic carbocycles. The summed E-state index contributed by atoms with van der Waals surface area (Å²) in [6, 6.07) is 8.97. The van der Waals surface area contributed by atoms with E-state index in [9.17, 15) is 4.79 Å². The number of anilines is 1. The SMILES string of the molecule is Cc1c(C#CCCO)cccc1C(=O)Nc1cccnc1. The number of hydrogen-bond acceptors (Lipinski definition) is 3. The maximum atomic E-state index is 12.3. The van der Waals surface area contributed by atoms with Gasteiger partial charge in [-0.2, -0.15) is 0 Å². The molecular formula is C17H16N2O2. The lowest BCUT2D eigenvalue weighted by Crippen LogP contribution is -2.14. The zero-order valence-electron chi connectivity index (χ0n) is 11.8. The minimum atomic E-state index is -0.189. The monoisotopic (exact) mass is 280 g/mol. The summed E-state index contributed by atoms with van der Waals surface area (Å²) in [5.41, 5.74) is 2.85. The molecule has 0 unspecified atom stereocenters. The van der Waals surface area contributed by atoms with Crippen LogP contribution < -0.4 is 5.32 Å². The fraction of sp³-hybridized carbons (Fsp3) is 0.176. The molecule has 0 aliphatic heterocycles. The molecule has 2 N–H and O–H groups in total. The molecular weight excluding hydrogens is 264 g/mol. The number of pyridine rings is 1. The summed E-state index contributed by atoms with van der Waals surface area (Å²) in [5.74, 6) is 5.65. The van der Waals surface area contributed by atoms with E-state index >= 15 is 0 Å². The summed E-state index contributed by atoms with van der Waals surface area (Å²) in [7, 11) is 0. The van der Waals surface area contributed by atoms with Gasteiger partial charge >= 0.3 is 0 Å². The molecule has 1 aromatic heterocycles. The third kappa shape index (κ3) is 3.91. The van der Waals surface area contributed by atoms with E-state index in [-0.39, 0.29) is 12.5 Å². The Morgan fingerprint density at radius 2 is 2.19 bits per heavy atom. The Balaban J connectivity index is 2.22. The average molecular weight is 280 g/mol. The number of nitrogens with one attached hydrogen (secondary N) is 1. The van der Waals surface area contributed by atoms with E-state index in [1.54, 1.807) is 36.7 Å². The highest BCUT2D eigenvalue weighted by atomic mass is 16.2. The summed E-state index contributed by atoms with van der Waals surface area (Å²) in [6.07, 6.45) is 3.67. The Labute approximate surface area is 123 Å². The molecule has 1 heterocycles. The van der Waals surface area contributed by atoms with Gasteiger partial charge in [-0.3, -0.25) is 9.78 Å². The minimum Gasteiger partial charge on any atom is -0.395 e. The Hall–Kier alpha value is -2.64. The molecule has 0 bridgehead atoms. The molecule has 0 saturated carbocycles. The van der Waals surface area contributed by atoms with Crippen LogP contribution in [0.2, 0.25) is 0 Å². The van der Waals surface area contributed by atoms with Crippen molar-refractivity contribution in [2.45, 2.75) is 13.3 Å². The van der Waals surface area contributed by atoms with Crippen LogP contribution in [0.3, 0.4) is 0 Å². The van der Waals surface area contributed by atoms with Gasteiger partial charge in [0.2, 0.25) is 0 Å². The van der Waals surface area contributed by atoms with Crippen LogP contribution in [0.5, 0.6) is 0 Å². The van der Waals surface area contributed by atoms with E-state index < -0.39 is 0 Å². The van der Waals surface area contributed by atoms with Crippen molar-refractivity contribution in [2.75, 3.05) is 11.9 Å². The van der Waals surface area contributed by atoms with Gasteiger partial charge in [0.1, 0.15) is 0 Å². The van der Waals surface area contributed by atoms with Crippen LogP contribution in [0.1, 0.15) is 27.9 Å². The van der Waals surface area contributed by atoms with Crippen LogP contribution in [-0.2, 0) is 0 Å². The molecule has 0 aliphatic rings. The van der Waals surface area contributed by atoms with Crippen LogP contribution in [0.25, 0.3) is 0 Å². The highest BCUT2D eigenvalue weighted by Crippen LogP contribution is 2.15. The van der Waals surface area contributed by atoms with E-state index in [0.29, 0.717) is 17.7 Å². The van der Waals surface area contributed by atoms with E-state index in [1.807, 2.05) is 13.0 Å². The van der Waals surface area contributed by atoms with Crippen molar-refractivity contribution in [3.8, 4) is 11.8 Å². The van der Waals surface area contributed by atoms with Crippen molar-refractivity contribution in [2.24, 2.45) is 0 Å². The van der Waals surface area contributed by atoms with E-state index in [2.05, 4.69) is 22.1 Å². The lowest BCUT2D eigenvalue weighted by molar-refractivity contribution is 0.102. The van der Waals surface area contributed by atoms with Crippen molar-refractivity contribution in [1.82, 2.24) is 4.98 Å². The van der Waals surface area contributed by atoms with Gasteiger partial charge < -0.3 is 10.4 Å². The van der Waals surface area contributed by atoms with Crippen molar-refractivity contribution < 1.29 is 9.90 Å². The normalized spacial score (nSPS) is 9.62. The van der Waals surface area contributed by atoms with E-state index in [0.717, 1.165) is 11.1 Å². The maximum absolute atomic E-state index is 12.3. The summed E-state index contributed by atoms with van der Waals surface area (Å²) in [5, 5.41) is 11.6. The molecule has 0 aliphatic carbocycles. The maximum Gasteiger partial charge on any atom is 0.256 e. The largest absolute Gasteiger partial charge is 0.395 e. The first-order valence-electron chi connectivity index (χ1n) is 6.63. The molecule has 4 nitrogen and oxygen atoms in total. The predicted molar refractivity (Wildman–Crippen MR) is 82.0 cm³/mol. The van der Waals surface area contributed by atoms with Crippen LogP contribution in [0.4, 0.5) is 5.69 Å². The molecule has 2 aromatic rings. The highest BCUT2D eigenvalue weighted by molar-refractivity contribution is 6.05. The number of rotatable bonds is 3. The second-order valence-corrected chi connectivity index (χ2v) is 4.45. The zero-order valence-corrected chi connectivity index (χ0v) is 11.8. The lowest BCUT2D eigenvalue weighted by Gasteiger charge is -2.08. The van der Waals surface area contributed by atoms with Gasteiger partial charge in [-0.1, -0.05) is 17.9 Å². The van der Waals surface area contributed by atoms with Gasteiger partial charge in [0, 0.05) is 23.7 Å². The summed E-state index contributed by atoms with van der Waals surface area (Å²) >= 11 is 0. The fourth-order valence-electron chi connectivity index (χ4n) is 1.87. The molecule has 0 atom stereocenters. The Morgan fingerprint density at radius 1 is 1.33 bits per heavy atom. The third-order valence-electron chi connectivity index (χ3n) is 2.96. The molecule has 0 spiro atoms. The van der Waals surface area contributed by atoms with Crippen LogP contribution in [-0.4, -0.2) is 22.6 Å². The summed E-state index contributed by atoms with van der Waals surface area (Å²) in [6.45, 7) is 1.90. The molecule has 21 heavy (non-hydrogen) atoms. The van der Waals surface area contributed by atoms with Crippen molar-refractivity contribution in [3.63, 3.8) is 0 Å². The van der Waals surface area contributed by atoms with Gasteiger partial charge in [-0.25, -0.2) is 0 Å². The minimum absolute atomic E-state index is 0.0350. The Kier molecular flexibility index (Phi) is 5.08. The number of amides is 1. The summed E-state index contributed by atoms with van der Waals surface area (Å²) in [4.78, 5) is 16.3. The predicted octanol–water partition coefficient (Wildman–Crippen LogP) is 2.38. The quantitative estimate of drug-likeness (QED) is 0.849. The van der Waals surface area contributed by atoms with Crippen molar-refractivity contribution in [3.05, 3.63) is 59.4 Å². The first kappa shape index (κ1) is 14.8. The third-order valence-corrected chi connectivity index (χ3v) is 2.96. The topological polar surface area (TPSA) is 62.2 Å². The molecule has 0 saturated heterocycles. The molecule has 2 rings (SSSR count). The second kappa shape index (κ2) is 7.22. The Bertz CT molecular complexity index is 685. The first-order chi connectivity index (χ1) is 10.2. The lowest BCUT2D eigenvalue weighted by atomic mass is 10.0. The van der Waals surface area contributed by atoms with Crippen molar-refractivity contribution >= 4 is 11.6 Å². The standard InChI is InChI=1S/C17H16N2O2/c1-13-14(6-2-3-11-20)7-4-9-16(13)17(21)19-15-8-5-10-18-12-15/h4-5,7-10,12,20H,3,11H2,1H3,(H,19,21). The number of nitrogens with zero attached hydrogens (tertiary/aromatic N) is 1. The van der Waals surface area contributed by atoms with E-state index in [1.165, 1.54) is 0 Å². The number of hydrogen-bond donors (Lipinski definition) is 2. The number of aromatic nitrogens is 1. The molecule has 106 valence electrons. The fourth-order valence-corrected chi connectivity index (χ4v) is 1.87. The molecule has 0 fully saturated rings. The van der Waals surface area contributed by atoms with Crippen LogP contribution in [0.15, 0.2) is 42.7 Å². The van der Waals surface area contributed by atoms with E-state index in [4.69, 9.17) is 5.11 Å². The number of benzene rings is 1. The average Bonchev–Trinajstić information content (AvgIpc) is 2.50. The van der Waals surface area contributed by atoms with Gasteiger partial charge in [0.15, 0.2) is 0 Å². The molecule has 1 amide bonds. The second-order valence-electron chi connectivity index (χ2n) is 4.45. The van der Waals surface area contributed by atoms with Gasteiger partial charge in [-0.15, -0.1) is 0 Å².